The van der Waals surface area contributed by atoms with Gasteiger partial charge in [0.25, 0.3) is 0 Å². The molecule has 0 aromatic heterocycles. The van der Waals surface area contributed by atoms with Crippen LogP contribution in [0.5, 0.6) is 0 Å². The molecule has 0 unspecified atom stereocenters. The maximum Gasteiger partial charge on any atom is -0.0374 e. The van der Waals surface area contributed by atoms with Gasteiger partial charge in [-0.3, -0.25) is 0 Å². The van der Waals surface area contributed by atoms with Crippen LogP contribution >= 0.6 is 0 Å². The van der Waals surface area contributed by atoms with Crippen molar-refractivity contribution in [1.82, 2.24) is 0 Å². The predicted molar refractivity (Wildman–Crippen MR) is 43.5 cm³/mol. The van der Waals surface area contributed by atoms with E-state index >= 15 is 0 Å². The summed E-state index contributed by atoms with van der Waals surface area (Å²) in [6.45, 7) is 8.52. The Hall–Kier alpha value is -0.520. The zero-order chi connectivity index (χ0) is 7.28. The van der Waals surface area contributed by atoms with Crippen LogP contribution in [0.3, 0.4) is 0 Å². The fraction of sp³-hybridized carbons (Fsp3) is 0.556. The van der Waals surface area contributed by atoms with Crippen LogP contribution < -0.4 is 0 Å². The minimum absolute atomic E-state index is 1.14. The predicted octanol–water partition coefficient (Wildman–Crippen LogP) is 3.31. The quantitative estimate of drug-likeness (QED) is 0.495. The second kappa shape index (κ2) is 4.37. The van der Waals surface area contributed by atoms with E-state index in [0.717, 1.165) is 6.42 Å². The summed E-state index contributed by atoms with van der Waals surface area (Å²) in [5.41, 5.74) is 2.79. The molecule has 0 heterocycles. The highest BCUT2D eigenvalue weighted by Gasteiger charge is 1.86. The molecule has 0 radical (unpaired) electrons. The minimum atomic E-state index is 1.14. The Bertz CT molecular complexity index is 127. The largest absolute Gasteiger partial charge is 0.0845 e. The van der Waals surface area contributed by atoms with Crippen molar-refractivity contribution in [1.29, 1.82) is 0 Å². The molecule has 0 aliphatic heterocycles. The average Bonchev–Trinajstić information content (AvgIpc) is 1.87. The number of allylic oxidation sites excluding steroid dienone is 4. The van der Waals surface area contributed by atoms with Gasteiger partial charge in [-0.15, -0.1) is 0 Å². The summed E-state index contributed by atoms with van der Waals surface area (Å²) in [4.78, 5) is 0. The Kier molecular flexibility index (Phi) is 4.12. The molecule has 0 spiro atoms. The molecule has 0 amide bonds. The van der Waals surface area contributed by atoms with Crippen molar-refractivity contribution in [3.63, 3.8) is 0 Å². The van der Waals surface area contributed by atoms with Gasteiger partial charge in [0.1, 0.15) is 0 Å². The zero-order valence-electron chi connectivity index (χ0n) is 6.86. The molecule has 0 atom stereocenters. The van der Waals surface area contributed by atoms with Gasteiger partial charge in [-0.2, -0.15) is 0 Å². The lowest BCUT2D eigenvalue weighted by molar-refractivity contribution is 1.17. The molecule has 0 fully saturated rings. The number of hydrogen-bond donors (Lipinski definition) is 0. The third kappa shape index (κ3) is 3.12. The molecule has 0 aromatic rings. The standard InChI is InChI=1S/C9H16/c1-5-7-9(4)8(3)6-2/h6-7H,5H2,1-4H3/b8-6+,9-7?. The highest BCUT2D eigenvalue weighted by Crippen LogP contribution is 2.07. The molecule has 9 heavy (non-hydrogen) atoms. The summed E-state index contributed by atoms with van der Waals surface area (Å²) in [5, 5.41) is 0. The molecule has 0 saturated heterocycles. The maximum atomic E-state index is 2.25. The molecular formula is C9H16. The van der Waals surface area contributed by atoms with Gasteiger partial charge in [0.15, 0.2) is 0 Å². The van der Waals surface area contributed by atoms with Crippen molar-refractivity contribution < 1.29 is 0 Å². The molecule has 0 N–H and O–H groups in total. The van der Waals surface area contributed by atoms with E-state index in [-0.39, 0.29) is 0 Å². The second-order valence-corrected chi connectivity index (χ2v) is 2.27. The van der Waals surface area contributed by atoms with Crippen molar-refractivity contribution in [2.75, 3.05) is 0 Å². The van der Waals surface area contributed by atoms with Gasteiger partial charge < -0.3 is 0 Å². The molecule has 0 aliphatic rings. The molecule has 0 aliphatic carbocycles. The van der Waals surface area contributed by atoms with Crippen molar-refractivity contribution in [3.05, 3.63) is 23.3 Å². The van der Waals surface area contributed by atoms with Crippen LogP contribution in [0.4, 0.5) is 0 Å². The van der Waals surface area contributed by atoms with E-state index in [0.29, 0.717) is 0 Å². The normalized spacial score (nSPS) is 14.2. The molecule has 52 valence electrons. The highest BCUT2D eigenvalue weighted by atomic mass is 13.9. The first kappa shape index (κ1) is 8.48. The Morgan fingerprint density at radius 1 is 1.22 bits per heavy atom. The van der Waals surface area contributed by atoms with E-state index in [2.05, 4.69) is 39.8 Å². The second-order valence-electron chi connectivity index (χ2n) is 2.27. The van der Waals surface area contributed by atoms with E-state index in [1.165, 1.54) is 11.1 Å². The van der Waals surface area contributed by atoms with Crippen molar-refractivity contribution in [2.24, 2.45) is 0 Å². The van der Waals surface area contributed by atoms with Gasteiger partial charge in [0.2, 0.25) is 0 Å². The third-order valence-corrected chi connectivity index (χ3v) is 1.57. The lowest BCUT2D eigenvalue weighted by Crippen LogP contribution is -1.76. The Morgan fingerprint density at radius 3 is 2.11 bits per heavy atom. The summed E-state index contributed by atoms with van der Waals surface area (Å²) in [6.07, 6.45) is 5.52. The van der Waals surface area contributed by atoms with Gasteiger partial charge in [-0.05, 0) is 27.2 Å². The minimum Gasteiger partial charge on any atom is -0.0845 e. The first-order valence-electron chi connectivity index (χ1n) is 3.52. The Morgan fingerprint density at radius 2 is 1.78 bits per heavy atom. The molecule has 0 saturated carbocycles. The van der Waals surface area contributed by atoms with Gasteiger partial charge in [-0.1, -0.05) is 30.2 Å². The lowest BCUT2D eigenvalue weighted by atomic mass is 10.1. The van der Waals surface area contributed by atoms with E-state index < -0.39 is 0 Å². The van der Waals surface area contributed by atoms with Gasteiger partial charge in [0, 0.05) is 0 Å². The van der Waals surface area contributed by atoms with Crippen LogP contribution in [0.25, 0.3) is 0 Å². The molecule has 0 aromatic carbocycles. The van der Waals surface area contributed by atoms with Crippen molar-refractivity contribution in [3.8, 4) is 0 Å². The first-order chi connectivity index (χ1) is 4.22. The summed E-state index contributed by atoms with van der Waals surface area (Å²) in [5.74, 6) is 0. The maximum absolute atomic E-state index is 2.25. The number of rotatable bonds is 2. The van der Waals surface area contributed by atoms with E-state index in [1.54, 1.807) is 0 Å². The van der Waals surface area contributed by atoms with Crippen LogP contribution in [0.1, 0.15) is 34.1 Å². The summed E-state index contributed by atoms with van der Waals surface area (Å²) < 4.78 is 0. The Labute approximate surface area is 58.3 Å². The van der Waals surface area contributed by atoms with Gasteiger partial charge >= 0.3 is 0 Å². The third-order valence-electron chi connectivity index (χ3n) is 1.57. The molecule has 0 bridgehead atoms. The highest BCUT2D eigenvalue weighted by molar-refractivity contribution is 5.25. The molecule has 0 rings (SSSR count). The van der Waals surface area contributed by atoms with Crippen molar-refractivity contribution >= 4 is 0 Å². The smallest absolute Gasteiger partial charge is 0.0374 e. The van der Waals surface area contributed by atoms with Crippen molar-refractivity contribution in [2.45, 2.75) is 34.1 Å². The average molecular weight is 124 g/mol. The van der Waals surface area contributed by atoms with E-state index in [1.807, 2.05) is 0 Å². The fourth-order valence-corrected chi connectivity index (χ4v) is 0.695. The van der Waals surface area contributed by atoms with Crippen LogP contribution in [0, 0.1) is 0 Å². The fourth-order valence-electron chi connectivity index (χ4n) is 0.695. The topological polar surface area (TPSA) is 0 Å². The summed E-state index contributed by atoms with van der Waals surface area (Å²) >= 11 is 0. The van der Waals surface area contributed by atoms with Crippen LogP contribution in [-0.4, -0.2) is 0 Å². The first-order valence-corrected chi connectivity index (χ1v) is 3.52. The number of hydrogen-bond acceptors (Lipinski definition) is 0. The molecule has 0 heteroatoms. The van der Waals surface area contributed by atoms with Gasteiger partial charge in [-0.25, -0.2) is 0 Å². The monoisotopic (exact) mass is 124 g/mol. The summed E-state index contributed by atoms with van der Waals surface area (Å²) in [7, 11) is 0. The molecular weight excluding hydrogens is 108 g/mol. The van der Waals surface area contributed by atoms with Crippen LogP contribution in [0.15, 0.2) is 23.3 Å². The van der Waals surface area contributed by atoms with Gasteiger partial charge in [0.05, 0.1) is 0 Å². The Balaban J connectivity index is 4.03. The van der Waals surface area contributed by atoms with Crippen LogP contribution in [0.2, 0.25) is 0 Å². The SMILES string of the molecule is C/C=C(\C)C(C)=CCC. The van der Waals surface area contributed by atoms with E-state index in [9.17, 15) is 0 Å². The molecule has 0 nitrogen and oxygen atoms in total. The zero-order valence-corrected chi connectivity index (χ0v) is 6.86. The van der Waals surface area contributed by atoms with Crippen LogP contribution in [-0.2, 0) is 0 Å². The summed E-state index contributed by atoms with van der Waals surface area (Å²) in [6, 6.07) is 0. The van der Waals surface area contributed by atoms with E-state index in [4.69, 9.17) is 0 Å². The lowest BCUT2D eigenvalue weighted by Gasteiger charge is -1.97.